The minimum absolute atomic E-state index is 0. The number of ether oxygens (including phenoxy) is 2. The maximum Gasteiger partial charge on any atom is 0.161 e. The van der Waals surface area contributed by atoms with Crippen molar-refractivity contribution in [2.24, 2.45) is 0 Å². The summed E-state index contributed by atoms with van der Waals surface area (Å²) in [6, 6.07) is 17.1. The molecule has 2 aromatic carbocycles. The van der Waals surface area contributed by atoms with E-state index in [-0.39, 0.29) is 24.8 Å². The lowest BCUT2D eigenvalue weighted by Gasteiger charge is -2.35. The van der Waals surface area contributed by atoms with Gasteiger partial charge in [0.1, 0.15) is 6.61 Å². The minimum atomic E-state index is 0. The number of halogens is 2. The quantitative estimate of drug-likeness (QED) is 0.576. The molecule has 0 aromatic heterocycles. The third-order valence-electron chi connectivity index (χ3n) is 5.23. The second-order valence-electron chi connectivity index (χ2n) is 7.13. The average molecular weight is 441 g/mol. The Kier molecular flexibility index (Phi) is 12.1. The second-order valence-corrected chi connectivity index (χ2v) is 7.13. The molecule has 1 atom stereocenters. The molecule has 162 valence electrons. The Labute approximate surface area is 187 Å². The van der Waals surface area contributed by atoms with Crippen molar-refractivity contribution in [3.05, 3.63) is 59.7 Å². The normalized spacial score (nSPS) is 15.0. The number of hydrogen-bond acceptors (Lipinski definition) is 4. The van der Waals surface area contributed by atoms with Gasteiger partial charge < -0.3 is 14.8 Å². The highest BCUT2D eigenvalue weighted by Gasteiger charge is 2.23. The number of benzene rings is 2. The summed E-state index contributed by atoms with van der Waals surface area (Å²) in [5.74, 6) is 1.62. The van der Waals surface area contributed by atoms with Crippen molar-refractivity contribution in [1.82, 2.24) is 10.2 Å². The molecule has 1 fully saturated rings. The Morgan fingerprint density at radius 3 is 2.38 bits per heavy atom. The number of nitrogens with one attached hydrogen (secondary N) is 1. The van der Waals surface area contributed by atoms with E-state index in [2.05, 4.69) is 47.5 Å². The van der Waals surface area contributed by atoms with Crippen molar-refractivity contribution < 1.29 is 9.47 Å². The van der Waals surface area contributed by atoms with Crippen LogP contribution in [0.1, 0.15) is 43.4 Å². The predicted molar refractivity (Wildman–Crippen MR) is 125 cm³/mol. The second kappa shape index (κ2) is 13.7. The minimum Gasteiger partial charge on any atom is -0.493 e. The molecule has 2 aromatic rings. The van der Waals surface area contributed by atoms with Crippen LogP contribution in [0, 0.1) is 0 Å². The Balaban J connectivity index is 0.00000210. The summed E-state index contributed by atoms with van der Waals surface area (Å²) in [6.45, 7) is 7.14. The summed E-state index contributed by atoms with van der Waals surface area (Å²) in [6.07, 6.45) is 3.64. The van der Waals surface area contributed by atoms with Gasteiger partial charge in [-0.25, -0.2) is 0 Å². The van der Waals surface area contributed by atoms with E-state index in [0.717, 1.165) is 43.2 Å². The van der Waals surface area contributed by atoms with Gasteiger partial charge in [-0.05, 0) is 29.7 Å². The van der Waals surface area contributed by atoms with Gasteiger partial charge in [-0.3, -0.25) is 4.90 Å². The van der Waals surface area contributed by atoms with Crippen molar-refractivity contribution in [2.45, 2.75) is 38.8 Å². The molecule has 0 bridgehead atoms. The number of unbranched alkanes of at least 4 members (excludes halogenated alkanes) is 1. The molecule has 1 saturated heterocycles. The number of nitrogens with zero attached hydrogens (tertiary/aromatic N) is 1. The summed E-state index contributed by atoms with van der Waals surface area (Å²) in [4.78, 5) is 2.60. The first-order chi connectivity index (χ1) is 13.3. The zero-order valence-electron chi connectivity index (χ0n) is 17.4. The first-order valence-electron chi connectivity index (χ1n) is 10.1. The SMILES string of the molecule is CCCC[C@H](c1ccc(OCc2ccccc2)c(OC)c1)N1CCNCC1.Cl.Cl. The summed E-state index contributed by atoms with van der Waals surface area (Å²) in [7, 11) is 1.72. The Morgan fingerprint density at radius 2 is 1.72 bits per heavy atom. The van der Waals surface area contributed by atoms with Crippen molar-refractivity contribution in [1.29, 1.82) is 0 Å². The molecule has 4 nitrogen and oxygen atoms in total. The lowest BCUT2D eigenvalue weighted by atomic mass is 9.98. The molecule has 1 aliphatic heterocycles. The van der Waals surface area contributed by atoms with Crippen LogP contribution >= 0.6 is 24.8 Å². The van der Waals surface area contributed by atoms with Crippen LogP contribution in [0.3, 0.4) is 0 Å². The standard InChI is InChI=1S/C23H32N2O2.2ClH/c1-3-4-10-21(25-15-13-24-14-16-25)20-11-12-22(23(17-20)26-2)27-18-19-8-6-5-7-9-19;;/h5-9,11-12,17,21,24H,3-4,10,13-16,18H2,1-2H3;2*1H/t21-;;/m1../s1. The van der Waals surface area contributed by atoms with E-state index in [1.165, 1.54) is 24.8 Å². The van der Waals surface area contributed by atoms with E-state index in [9.17, 15) is 0 Å². The van der Waals surface area contributed by atoms with Gasteiger partial charge in [0, 0.05) is 32.2 Å². The smallest absolute Gasteiger partial charge is 0.161 e. The highest BCUT2D eigenvalue weighted by atomic mass is 35.5. The van der Waals surface area contributed by atoms with Gasteiger partial charge in [0.05, 0.1) is 7.11 Å². The zero-order chi connectivity index (χ0) is 18.9. The van der Waals surface area contributed by atoms with Gasteiger partial charge in [0.15, 0.2) is 11.5 Å². The molecule has 1 heterocycles. The van der Waals surface area contributed by atoms with E-state index in [4.69, 9.17) is 9.47 Å². The van der Waals surface area contributed by atoms with Gasteiger partial charge >= 0.3 is 0 Å². The molecular weight excluding hydrogens is 407 g/mol. The fourth-order valence-electron chi connectivity index (χ4n) is 3.70. The highest BCUT2D eigenvalue weighted by Crippen LogP contribution is 2.34. The molecule has 3 rings (SSSR count). The number of hydrogen-bond donors (Lipinski definition) is 1. The summed E-state index contributed by atoms with van der Waals surface area (Å²) in [5.41, 5.74) is 2.49. The lowest BCUT2D eigenvalue weighted by molar-refractivity contribution is 0.163. The highest BCUT2D eigenvalue weighted by molar-refractivity contribution is 5.85. The molecule has 0 saturated carbocycles. The van der Waals surface area contributed by atoms with Gasteiger partial charge in [-0.2, -0.15) is 0 Å². The first kappa shape index (κ1) is 25.6. The molecule has 6 heteroatoms. The van der Waals surface area contributed by atoms with Crippen molar-refractivity contribution in [2.75, 3.05) is 33.3 Å². The largest absolute Gasteiger partial charge is 0.493 e. The third kappa shape index (κ3) is 7.38. The maximum absolute atomic E-state index is 6.03. The van der Waals surface area contributed by atoms with E-state index in [1.807, 2.05) is 18.2 Å². The predicted octanol–water partition coefficient (Wildman–Crippen LogP) is 5.25. The molecule has 0 amide bonds. The van der Waals surface area contributed by atoms with Crippen LogP contribution in [0.15, 0.2) is 48.5 Å². The fraction of sp³-hybridized carbons (Fsp3) is 0.478. The average Bonchev–Trinajstić information content (AvgIpc) is 2.74. The Hall–Kier alpha value is -1.46. The monoisotopic (exact) mass is 440 g/mol. The van der Waals surface area contributed by atoms with E-state index < -0.39 is 0 Å². The molecule has 1 N–H and O–H groups in total. The molecule has 29 heavy (non-hydrogen) atoms. The summed E-state index contributed by atoms with van der Waals surface area (Å²) >= 11 is 0. The molecule has 0 aliphatic carbocycles. The third-order valence-corrected chi connectivity index (χ3v) is 5.23. The summed E-state index contributed by atoms with van der Waals surface area (Å²) in [5, 5.41) is 3.45. The van der Waals surface area contributed by atoms with E-state index >= 15 is 0 Å². The molecule has 0 unspecified atom stereocenters. The number of methoxy groups -OCH3 is 1. The fourth-order valence-corrected chi connectivity index (χ4v) is 3.70. The van der Waals surface area contributed by atoms with Crippen LogP contribution in [0.25, 0.3) is 0 Å². The van der Waals surface area contributed by atoms with E-state index in [1.54, 1.807) is 7.11 Å². The topological polar surface area (TPSA) is 33.7 Å². The van der Waals surface area contributed by atoms with Crippen LogP contribution < -0.4 is 14.8 Å². The molecule has 0 spiro atoms. The number of rotatable bonds is 9. The van der Waals surface area contributed by atoms with Crippen LogP contribution in [0.5, 0.6) is 11.5 Å². The van der Waals surface area contributed by atoms with E-state index in [0.29, 0.717) is 12.6 Å². The van der Waals surface area contributed by atoms with Crippen LogP contribution in [0.2, 0.25) is 0 Å². The van der Waals surface area contributed by atoms with Crippen molar-refractivity contribution >= 4 is 24.8 Å². The van der Waals surface area contributed by atoms with Crippen molar-refractivity contribution in [3.8, 4) is 11.5 Å². The summed E-state index contributed by atoms with van der Waals surface area (Å²) < 4.78 is 11.7. The van der Waals surface area contributed by atoms with Crippen LogP contribution in [0.4, 0.5) is 0 Å². The molecular formula is C23H34Cl2N2O2. The van der Waals surface area contributed by atoms with Crippen LogP contribution in [-0.4, -0.2) is 38.2 Å². The van der Waals surface area contributed by atoms with Gasteiger partial charge in [-0.1, -0.05) is 56.2 Å². The zero-order valence-corrected chi connectivity index (χ0v) is 19.1. The lowest BCUT2D eigenvalue weighted by Crippen LogP contribution is -2.45. The Morgan fingerprint density at radius 1 is 1.00 bits per heavy atom. The van der Waals surface area contributed by atoms with Gasteiger partial charge in [0.2, 0.25) is 0 Å². The van der Waals surface area contributed by atoms with Crippen LogP contribution in [-0.2, 0) is 6.61 Å². The molecule has 0 radical (unpaired) electrons. The number of piperazine rings is 1. The first-order valence-corrected chi connectivity index (χ1v) is 10.1. The Bertz CT molecular complexity index is 695. The van der Waals surface area contributed by atoms with Gasteiger partial charge in [0.25, 0.3) is 0 Å². The maximum atomic E-state index is 6.03. The van der Waals surface area contributed by atoms with Gasteiger partial charge in [-0.15, -0.1) is 24.8 Å². The van der Waals surface area contributed by atoms with Crippen molar-refractivity contribution in [3.63, 3.8) is 0 Å². The molecule has 1 aliphatic rings.